The van der Waals surface area contributed by atoms with Crippen molar-refractivity contribution < 1.29 is 0 Å². The third-order valence-corrected chi connectivity index (χ3v) is 8.59. The van der Waals surface area contributed by atoms with Gasteiger partial charge in [0.25, 0.3) is 5.56 Å². The van der Waals surface area contributed by atoms with Crippen molar-refractivity contribution in [2.75, 3.05) is 0 Å². The van der Waals surface area contributed by atoms with Gasteiger partial charge in [0.1, 0.15) is 0 Å². The van der Waals surface area contributed by atoms with Crippen LogP contribution in [-0.4, -0.2) is 9.13 Å². The van der Waals surface area contributed by atoms with Gasteiger partial charge in [0.2, 0.25) is 0 Å². The molecule has 2 aromatic heterocycles. The van der Waals surface area contributed by atoms with Crippen LogP contribution in [0.3, 0.4) is 0 Å². The van der Waals surface area contributed by atoms with E-state index < -0.39 is 0 Å². The summed E-state index contributed by atoms with van der Waals surface area (Å²) in [6.07, 6.45) is 6.10. The van der Waals surface area contributed by atoms with Gasteiger partial charge in [0.15, 0.2) is 4.80 Å². The third-order valence-electron chi connectivity index (χ3n) is 7.60. The van der Waals surface area contributed by atoms with E-state index in [1.807, 2.05) is 10.6 Å². The maximum Gasteiger partial charge on any atom is 0.271 e. The summed E-state index contributed by atoms with van der Waals surface area (Å²) in [6.45, 7) is 4.37. The van der Waals surface area contributed by atoms with Gasteiger partial charge < -0.3 is 4.57 Å². The van der Waals surface area contributed by atoms with Crippen molar-refractivity contribution in [3.05, 3.63) is 133 Å². The zero-order valence-corrected chi connectivity index (χ0v) is 21.7. The Balaban J connectivity index is 1.49. The molecule has 0 spiro atoms. The normalized spacial score (nSPS) is 17.1. The number of nitrogens with zero attached hydrogens (tertiary/aromatic N) is 3. The van der Waals surface area contributed by atoms with Crippen LogP contribution in [0.2, 0.25) is 0 Å². The molecule has 5 aromatic rings. The van der Waals surface area contributed by atoms with Crippen LogP contribution in [0.1, 0.15) is 54.6 Å². The predicted octanol–water partition coefficient (Wildman–Crippen LogP) is 5.85. The van der Waals surface area contributed by atoms with Crippen molar-refractivity contribution in [3.8, 4) is 0 Å². The summed E-state index contributed by atoms with van der Waals surface area (Å²) in [5, 5.41) is 1.16. The number of benzene rings is 3. The van der Waals surface area contributed by atoms with E-state index in [-0.39, 0.29) is 11.6 Å². The first kappa shape index (κ1) is 22.3. The van der Waals surface area contributed by atoms with Gasteiger partial charge in [-0.1, -0.05) is 84.1 Å². The fourth-order valence-electron chi connectivity index (χ4n) is 5.87. The first-order chi connectivity index (χ1) is 18.1. The number of hydrogen-bond donors (Lipinski definition) is 0. The second kappa shape index (κ2) is 8.56. The molecule has 0 N–H and O–H groups in total. The molecule has 0 fully saturated rings. The summed E-state index contributed by atoms with van der Waals surface area (Å²) in [6, 6.07) is 27.6. The van der Waals surface area contributed by atoms with Gasteiger partial charge in [-0.05, 0) is 55.5 Å². The van der Waals surface area contributed by atoms with Gasteiger partial charge in [-0.15, -0.1) is 0 Å². The number of allylic oxidation sites excluding steroid dienone is 1. The Hall–Kier alpha value is -3.96. The molecule has 7 rings (SSSR count). The predicted molar refractivity (Wildman–Crippen MR) is 152 cm³/mol. The minimum atomic E-state index is -0.139. The van der Waals surface area contributed by atoms with Crippen LogP contribution in [-0.2, 0) is 6.42 Å². The Kier molecular flexibility index (Phi) is 5.15. The molecule has 3 aromatic carbocycles. The van der Waals surface area contributed by atoms with Crippen molar-refractivity contribution in [3.63, 3.8) is 0 Å². The molecule has 0 radical (unpaired) electrons. The lowest BCUT2D eigenvalue weighted by Gasteiger charge is -2.30. The van der Waals surface area contributed by atoms with Gasteiger partial charge in [-0.2, -0.15) is 0 Å². The SMILES string of the molecule is CC(C)n1cc(/C=c2\sc3n(c2=O)[C@@H](c2ccccc2)C2=C(N=3)c3ccccc3CC2)c2ccccc21. The molecule has 0 bridgehead atoms. The summed E-state index contributed by atoms with van der Waals surface area (Å²) >= 11 is 1.50. The fourth-order valence-corrected chi connectivity index (χ4v) is 6.86. The summed E-state index contributed by atoms with van der Waals surface area (Å²) < 4.78 is 4.93. The van der Waals surface area contributed by atoms with Crippen LogP contribution in [0, 0.1) is 0 Å². The van der Waals surface area contributed by atoms with E-state index in [0.29, 0.717) is 6.04 Å². The first-order valence-corrected chi connectivity index (χ1v) is 13.7. The number of thiazole rings is 1. The largest absolute Gasteiger partial charge is 0.344 e. The van der Waals surface area contributed by atoms with E-state index in [0.717, 1.165) is 44.4 Å². The fraction of sp³-hybridized carbons (Fsp3) is 0.188. The van der Waals surface area contributed by atoms with Gasteiger partial charge >= 0.3 is 0 Å². The first-order valence-electron chi connectivity index (χ1n) is 12.9. The second-order valence-electron chi connectivity index (χ2n) is 10.1. The Bertz CT molecular complexity index is 1890. The van der Waals surface area contributed by atoms with E-state index in [1.54, 1.807) is 0 Å². The van der Waals surface area contributed by atoms with E-state index in [1.165, 1.54) is 33.6 Å². The molecule has 1 aliphatic heterocycles. The minimum Gasteiger partial charge on any atom is -0.344 e. The lowest BCUT2D eigenvalue weighted by Crippen LogP contribution is -2.38. The molecular formula is C32H27N3OS. The van der Waals surface area contributed by atoms with Crippen LogP contribution in [0.25, 0.3) is 22.7 Å². The summed E-state index contributed by atoms with van der Waals surface area (Å²) in [4.78, 5) is 20.0. The Morgan fingerprint density at radius 3 is 2.54 bits per heavy atom. The summed E-state index contributed by atoms with van der Waals surface area (Å²) in [7, 11) is 0. The summed E-state index contributed by atoms with van der Waals surface area (Å²) in [5.41, 5.74) is 8.23. The zero-order valence-electron chi connectivity index (χ0n) is 20.9. The molecule has 4 nitrogen and oxygen atoms in total. The van der Waals surface area contributed by atoms with Crippen LogP contribution in [0.15, 0.2) is 100 Å². The average Bonchev–Trinajstić information content (AvgIpc) is 3.45. The number of para-hydroxylation sites is 1. The Morgan fingerprint density at radius 2 is 1.70 bits per heavy atom. The monoisotopic (exact) mass is 501 g/mol. The third kappa shape index (κ3) is 3.49. The Morgan fingerprint density at radius 1 is 0.946 bits per heavy atom. The quantitative estimate of drug-likeness (QED) is 0.305. The summed E-state index contributed by atoms with van der Waals surface area (Å²) in [5.74, 6) is 0. The maximum atomic E-state index is 14.1. The molecule has 3 heterocycles. The van der Waals surface area contributed by atoms with Crippen LogP contribution in [0.4, 0.5) is 0 Å². The van der Waals surface area contributed by atoms with E-state index in [4.69, 9.17) is 4.99 Å². The lowest BCUT2D eigenvalue weighted by atomic mass is 9.83. The topological polar surface area (TPSA) is 39.3 Å². The molecular weight excluding hydrogens is 474 g/mol. The number of aromatic nitrogens is 2. The highest BCUT2D eigenvalue weighted by Gasteiger charge is 2.32. The Labute approximate surface area is 219 Å². The molecule has 0 saturated carbocycles. The maximum absolute atomic E-state index is 14.1. The standard InChI is InChI=1S/C32H27N3OS/c1-20(2)34-19-23(24-13-8-9-15-27(24)34)18-28-31(36)35-30(22-11-4-3-5-12-22)26-17-16-21-10-6-7-14-25(21)29(26)33-32(35)37-28/h3-15,18-20,30H,16-17H2,1-2H3/b28-18-/t30-/m0/s1. The van der Waals surface area contributed by atoms with E-state index in [2.05, 4.69) is 103 Å². The lowest BCUT2D eigenvalue weighted by molar-refractivity contribution is 0.585. The van der Waals surface area contributed by atoms with Crippen molar-refractivity contribution in [1.82, 2.24) is 9.13 Å². The molecule has 182 valence electrons. The second-order valence-corrected chi connectivity index (χ2v) is 11.1. The minimum absolute atomic E-state index is 0.0318. The number of hydrogen-bond acceptors (Lipinski definition) is 3. The molecule has 0 saturated heterocycles. The van der Waals surface area contributed by atoms with Gasteiger partial charge in [0, 0.05) is 34.3 Å². The molecule has 0 amide bonds. The highest BCUT2D eigenvalue weighted by Crippen LogP contribution is 2.41. The molecule has 0 unspecified atom stereocenters. The van der Waals surface area contributed by atoms with E-state index >= 15 is 0 Å². The van der Waals surface area contributed by atoms with Crippen LogP contribution in [0.5, 0.6) is 0 Å². The van der Waals surface area contributed by atoms with Crippen molar-refractivity contribution in [2.24, 2.45) is 4.99 Å². The zero-order chi connectivity index (χ0) is 25.1. The molecule has 1 aliphatic carbocycles. The van der Waals surface area contributed by atoms with Crippen molar-refractivity contribution in [1.29, 1.82) is 0 Å². The van der Waals surface area contributed by atoms with Crippen molar-refractivity contribution in [2.45, 2.75) is 38.8 Å². The number of aryl methyl sites for hydroxylation is 1. The van der Waals surface area contributed by atoms with Crippen LogP contribution < -0.4 is 14.9 Å². The molecule has 5 heteroatoms. The van der Waals surface area contributed by atoms with Gasteiger partial charge in [-0.25, -0.2) is 4.99 Å². The number of fused-ring (bicyclic) bond motifs is 4. The molecule has 37 heavy (non-hydrogen) atoms. The average molecular weight is 502 g/mol. The van der Waals surface area contributed by atoms with Gasteiger partial charge in [-0.3, -0.25) is 9.36 Å². The molecule has 1 atom stereocenters. The highest BCUT2D eigenvalue weighted by atomic mass is 32.1. The van der Waals surface area contributed by atoms with Crippen LogP contribution >= 0.6 is 11.3 Å². The van der Waals surface area contributed by atoms with E-state index in [9.17, 15) is 4.79 Å². The molecule has 2 aliphatic rings. The van der Waals surface area contributed by atoms with Gasteiger partial charge in [0.05, 0.1) is 16.3 Å². The number of rotatable bonds is 3. The highest BCUT2D eigenvalue weighted by molar-refractivity contribution is 7.07. The smallest absolute Gasteiger partial charge is 0.271 e. The van der Waals surface area contributed by atoms with Crippen molar-refractivity contribution >= 4 is 34.0 Å².